The summed E-state index contributed by atoms with van der Waals surface area (Å²) in [6.45, 7) is 4.70. The van der Waals surface area contributed by atoms with E-state index in [1.54, 1.807) is 0 Å². The van der Waals surface area contributed by atoms with Crippen LogP contribution in [-0.4, -0.2) is 5.54 Å². The Balaban J connectivity index is 1.97. The molecule has 0 amide bonds. The van der Waals surface area contributed by atoms with Gasteiger partial charge in [0.05, 0.1) is 0 Å². The van der Waals surface area contributed by atoms with E-state index in [-0.39, 0.29) is 5.54 Å². The topological polar surface area (TPSA) is 26.0 Å². The molecular weight excluding hydrogens is 206 g/mol. The minimum Gasteiger partial charge on any atom is -0.325 e. The first-order chi connectivity index (χ1) is 8.12. The molecule has 0 aromatic heterocycles. The van der Waals surface area contributed by atoms with Gasteiger partial charge in [-0.05, 0) is 36.7 Å². The molecule has 1 aliphatic rings. The van der Waals surface area contributed by atoms with Crippen LogP contribution in [0.3, 0.4) is 0 Å². The number of hydrogen-bond acceptors (Lipinski definition) is 1. The van der Waals surface area contributed by atoms with Crippen molar-refractivity contribution in [1.82, 2.24) is 0 Å². The van der Waals surface area contributed by atoms with Crippen LogP contribution in [0.15, 0.2) is 30.3 Å². The molecule has 0 heterocycles. The van der Waals surface area contributed by atoms with Gasteiger partial charge < -0.3 is 5.73 Å². The molecule has 1 saturated carbocycles. The van der Waals surface area contributed by atoms with Gasteiger partial charge in [-0.25, -0.2) is 0 Å². The quantitative estimate of drug-likeness (QED) is 0.842. The lowest BCUT2D eigenvalue weighted by Gasteiger charge is -2.43. The summed E-state index contributed by atoms with van der Waals surface area (Å²) in [6, 6.07) is 10.7. The summed E-state index contributed by atoms with van der Waals surface area (Å²) in [5.74, 6) is 1.43. The molecule has 0 spiro atoms. The third-order valence-corrected chi connectivity index (χ3v) is 4.78. The summed E-state index contributed by atoms with van der Waals surface area (Å²) in [4.78, 5) is 0. The van der Waals surface area contributed by atoms with Crippen LogP contribution < -0.4 is 5.73 Å². The molecule has 0 aliphatic heterocycles. The lowest BCUT2D eigenvalue weighted by molar-refractivity contribution is 0.135. The Kier molecular flexibility index (Phi) is 3.88. The molecule has 0 radical (unpaired) electrons. The van der Waals surface area contributed by atoms with Gasteiger partial charge in [-0.15, -0.1) is 0 Å². The van der Waals surface area contributed by atoms with Crippen LogP contribution in [0.25, 0.3) is 0 Å². The van der Waals surface area contributed by atoms with E-state index < -0.39 is 0 Å². The van der Waals surface area contributed by atoms with Gasteiger partial charge in [-0.2, -0.15) is 0 Å². The van der Waals surface area contributed by atoms with Gasteiger partial charge >= 0.3 is 0 Å². The molecule has 3 unspecified atom stereocenters. The standard InChI is InChI=1S/C16H25N/c1-13-7-6-11-16(17,14(13)2)12-10-15-8-4-3-5-9-15/h3-5,8-9,13-14H,6-7,10-12,17H2,1-2H3. The molecule has 3 atom stereocenters. The fourth-order valence-corrected chi connectivity index (χ4v) is 3.17. The van der Waals surface area contributed by atoms with Crippen LogP contribution in [-0.2, 0) is 6.42 Å². The molecule has 1 heteroatoms. The first-order valence-corrected chi connectivity index (χ1v) is 6.94. The highest BCUT2D eigenvalue weighted by Gasteiger charge is 2.37. The van der Waals surface area contributed by atoms with E-state index in [9.17, 15) is 0 Å². The molecule has 1 aromatic rings. The van der Waals surface area contributed by atoms with Crippen molar-refractivity contribution in [1.29, 1.82) is 0 Å². The van der Waals surface area contributed by atoms with Crippen molar-refractivity contribution in [3.63, 3.8) is 0 Å². The Morgan fingerprint density at radius 2 is 1.94 bits per heavy atom. The van der Waals surface area contributed by atoms with Crippen LogP contribution in [0.4, 0.5) is 0 Å². The lowest BCUT2D eigenvalue weighted by Crippen LogP contribution is -2.51. The van der Waals surface area contributed by atoms with Gasteiger partial charge in [0.15, 0.2) is 0 Å². The molecular formula is C16H25N. The third-order valence-electron chi connectivity index (χ3n) is 4.78. The average molecular weight is 231 g/mol. The van der Waals surface area contributed by atoms with Crippen LogP contribution >= 0.6 is 0 Å². The van der Waals surface area contributed by atoms with Crippen molar-refractivity contribution < 1.29 is 0 Å². The number of aryl methyl sites for hydroxylation is 1. The second-order valence-electron chi connectivity index (χ2n) is 5.88. The highest BCUT2D eigenvalue weighted by Crippen LogP contribution is 2.38. The first kappa shape index (κ1) is 12.6. The Morgan fingerprint density at radius 3 is 2.65 bits per heavy atom. The van der Waals surface area contributed by atoms with E-state index in [2.05, 4.69) is 44.2 Å². The molecule has 2 N–H and O–H groups in total. The second-order valence-corrected chi connectivity index (χ2v) is 5.88. The zero-order valence-electron chi connectivity index (χ0n) is 11.2. The fraction of sp³-hybridized carbons (Fsp3) is 0.625. The van der Waals surface area contributed by atoms with Crippen LogP contribution in [0.5, 0.6) is 0 Å². The number of benzene rings is 1. The van der Waals surface area contributed by atoms with E-state index in [1.807, 2.05) is 0 Å². The molecule has 1 aliphatic carbocycles. The maximum absolute atomic E-state index is 6.64. The zero-order valence-corrected chi connectivity index (χ0v) is 11.2. The number of hydrogen-bond donors (Lipinski definition) is 1. The van der Waals surface area contributed by atoms with Crippen molar-refractivity contribution in [2.24, 2.45) is 17.6 Å². The molecule has 2 rings (SSSR count). The molecule has 94 valence electrons. The summed E-state index contributed by atoms with van der Waals surface area (Å²) >= 11 is 0. The van der Waals surface area contributed by atoms with E-state index in [0.29, 0.717) is 5.92 Å². The molecule has 1 aromatic carbocycles. The largest absolute Gasteiger partial charge is 0.325 e. The Labute approximate surface area is 105 Å². The predicted molar refractivity (Wildman–Crippen MR) is 73.9 cm³/mol. The maximum Gasteiger partial charge on any atom is 0.0185 e. The highest BCUT2D eigenvalue weighted by molar-refractivity contribution is 5.15. The lowest BCUT2D eigenvalue weighted by atomic mass is 9.67. The Hall–Kier alpha value is -0.820. The molecule has 1 nitrogen and oxygen atoms in total. The van der Waals surface area contributed by atoms with Crippen molar-refractivity contribution >= 4 is 0 Å². The summed E-state index contributed by atoms with van der Waals surface area (Å²) in [6.07, 6.45) is 6.10. The third kappa shape index (κ3) is 2.90. The van der Waals surface area contributed by atoms with Crippen LogP contribution in [0, 0.1) is 11.8 Å². The Bertz CT molecular complexity index is 346. The zero-order chi connectivity index (χ0) is 12.3. The molecule has 1 fully saturated rings. The van der Waals surface area contributed by atoms with Crippen molar-refractivity contribution in [2.75, 3.05) is 0 Å². The van der Waals surface area contributed by atoms with E-state index in [4.69, 9.17) is 5.73 Å². The second kappa shape index (κ2) is 5.22. The normalized spacial score (nSPS) is 33.6. The van der Waals surface area contributed by atoms with E-state index >= 15 is 0 Å². The summed E-state index contributed by atoms with van der Waals surface area (Å²) in [5, 5.41) is 0. The van der Waals surface area contributed by atoms with E-state index in [1.165, 1.54) is 24.8 Å². The van der Waals surface area contributed by atoms with Gasteiger partial charge in [0.25, 0.3) is 0 Å². The fourth-order valence-electron chi connectivity index (χ4n) is 3.17. The summed E-state index contributed by atoms with van der Waals surface area (Å²) in [5.41, 5.74) is 8.12. The van der Waals surface area contributed by atoms with Gasteiger partial charge in [0.1, 0.15) is 0 Å². The monoisotopic (exact) mass is 231 g/mol. The van der Waals surface area contributed by atoms with Crippen molar-refractivity contribution in [2.45, 2.75) is 51.5 Å². The van der Waals surface area contributed by atoms with E-state index in [0.717, 1.165) is 18.8 Å². The first-order valence-electron chi connectivity index (χ1n) is 6.94. The maximum atomic E-state index is 6.64. The van der Waals surface area contributed by atoms with Crippen molar-refractivity contribution in [3.8, 4) is 0 Å². The van der Waals surface area contributed by atoms with Gasteiger partial charge in [-0.3, -0.25) is 0 Å². The summed E-state index contributed by atoms with van der Waals surface area (Å²) < 4.78 is 0. The van der Waals surface area contributed by atoms with Crippen LogP contribution in [0.1, 0.15) is 45.1 Å². The van der Waals surface area contributed by atoms with Gasteiger partial charge in [-0.1, -0.05) is 57.0 Å². The predicted octanol–water partition coefficient (Wildman–Crippen LogP) is 3.77. The summed E-state index contributed by atoms with van der Waals surface area (Å²) in [7, 11) is 0. The molecule has 0 bridgehead atoms. The van der Waals surface area contributed by atoms with Gasteiger partial charge in [0.2, 0.25) is 0 Å². The smallest absolute Gasteiger partial charge is 0.0185 e. The Morgan fingerprint density at radius 1 is 1.24 bits per heavy atom. The number of nitrogens with two attached hydrogens (primary N) is 1. The van der Waals surface area contributed by atoms with Crippen LogP contribution in [0.2, 0.25) is 0 Å². The molecule has 0 saturated heterocycles. The number of rotatable bonds is 3. The SMILES string of the molecule is CC1CCCC(N)(CCc2ccccc2)C1C. The van der Waals surface area contributed by atoms with Gasteiger partial charge in [0, 0.05) is 5.54 Å². The minimum atomic E-state index is 0.0630. The minimum absolute atomic E-state index is 0.0630. The van der Waals surface area contributed by atoms with Crippen molar-refractivity contribution in [3.05, 3.63) is 35.9 Å². The molecule has 17 heavy (non-hydrogen) atoms. The average Bonchev–Trinajstić information content (AvgIpc) is 2.35. The highest BCUT2D eigenvalue weighted by atomic mass is 14.8.